The third-order valence-electron chi connectivity index (χ3n) is 3.52. The van der Waals surface area contributed by atoms with Gasteiger partial charge in [-0.1, -0.05) is 54.6 Å². The summed E-state index contributed by atoms with van der Waals surface area (Å²) < 4.78 is 0. The molecule has 0 spiro atoms. The molecule has 0 aliphatic rings. The maximum Gasteiger partial charge on any atom is 0.346 e. The molecule has 0 radical (unpaired) electrons. The lowest BCUT2D eigenvalue weighted by atomic mass is 10.2. The molecule has 3 aromatic rings. The Morgan fingerprint density at radius 1 is 0.680 bits per heavy atom. The van der Waals surface area contributed by atoms with Gasteiger partial charge in [-0.05, 0) is 36.4 Å². The molecule has 0 aliphatic carbocycles. The van der Waals surface area contributed by atoms with Crippen LogP contribution in [0.4, 0.5) is 21.9 Å². The van der Waals surface area contributed by atoms with Gasteiger partial charge in [0.2, 0.25) is 0 Å². The Kier molecular flexibility index (Phi) is 5.01. The van der Waals surface area contributed by atoms with Crippen LogP contribution in [0.2, 0.25) is 0 Å². The second-order valence-electron chi connectivity index (χ2n) is 5.15. The van der Waals surface area contributed by atoms with Gasteiger partial charge in [0.05, 0.1) is 22.3 Å². The van der Waals surface area contributed by atoms with Gasteiger partial charge < -0.3 is 0 Å². The van der Waals surface area contributed by atoms with E-state index in [1.54, 1.807) is 24.3 Å². The molecular weight excluding hydrogens is 316 g/mol. The van der Waals surface area contributed by atoms with Crippen molar-refractivity contribution < 1.29 is 4.79 Å². The molecule has 0 aromatic heterocycles. The Morgan fingerprint density at radius 3 is 1.48 bits per heavy atom. The van der Waals surface area contributed by atoms with E-state index < -0.39 is 6.03 Å². The molecule has 0 heterocycles. The van der Waals surface area contributed by atoms with Crippen LogP contribution < -0.4 is 15.4 Å². The van der Waals surface area contributed by atoms with Crippen molar-refractivity contribution in [2.24, 2.45) is 5.29 Å². The summed E-state index contributed by atoms with van der Waals surface area (Å²) in [6.07, 6.45) is 0. The Balaban J connectivity index is 1.91. The zero-order valence-electron chi connectivity index (χ0n) is 13.3. The van der Waals surface area contributed by atoms with Crippen LogP contribution in [-0.4, -0.2) is 6.03 Å². The number of carbonyl (C=O) groups is 1. The van der Waals surface area contributed by atoms with Crippen molar-refractivity contribution in [1.82, 2.24) is 5.43 Å². The van der Waals surface area contributed by atoms with Crippen LogP contribution in [0, 0.1) is 4.91 Å². The van der Waals surface area contributed by atoms with Gasteiger partial charge in [0.25, 0.3) is 0 Å². The normalized spacial score (nSPS) is 9.92. The summed E-state index contributed by atoms with van der Waals surface area (Å²) in [6.45, 7) is 0. The summed E-state index contributed by atoms with van der Waals surface area (Å²) in [5, 5.41) is 3.80. The summed E-state index contributed by atoms with van der Waals surface area (Å²) in [6, 6.07) is 26.5. The number of anilines is 3. The molecule has 0 atom stereocenters. The number of amides is 2. The minimum Gasteiger partial charge on any atom is -0.262 e. The first-order valence-corrected chi connectivity index (χ1v) is 7.69. The molecule has 1 N–H and O–H groups in total. The molecule has 3 aromatic carbocycles. The van der Waals surface area contributed by atoms with Crippen molar-refractivity contribution in [3.63, 3.8) is 0 Å². The predicted molar refractivity (Wildman–Crippen MR) is 98.3 cm³/mol. The second-order valence-corrected chi connectivity index (χ2v) is 5.15. The van der Waals surface area contributed by atoms with Crippen LogP contribution in [0.1, 0.15) is 0 Å². The Labute approximate surface area is 145 Å². The van der Waals surface area contributed by atoms with E-state index in [2.05, 4.69) is 10.7 Å². The minimum absolute atomic E-state index is 0.465. The summed E-state index contributed by atoms with van der Waals surface area (Å²) >= 11 is 0. The van der Waals surface area contributed by atoms with E-state index in [0.717, 1.165) is 5.12 Å². The van der Waals surface area contributed by atoms with Crippen LogP contribution in [-0.2, 0) is 0 Å². The molecule has 2 amide bonds. The Morgan fingerprint density at radius 2 is 1.08 bits per heavy atom. The average Bonchev–Trinajstić information content (AvgIpc) is 2.69. The third kappa shape index (κ3) is 3.81. The highest BCUT2D eigenvalue weighted by molar-refractivity contribution is 5.99. The SMILES string of the molecule is O=NN(NC(=O)N(c1ccccc1)c1ccccc1)c1ccccc1. The molecule has 0 aliphatic heterocycles. The first-order chi connectivity index (χ1) is 12.3. The minimum atomic E-state index is -0.499. The third-order valence-corrected chi connectivity index (χ3v) is 3.52. The lowest BCUT2D eigenvalue weighted by Crippen LogP contribution is -2.45. The van der Waals surface area contributed by atoms with Crippen molar-refractivity contribution in [3.05, 3.63) is 95.9 Å². The number of urea groups is 1. The molecule has 0 fully saturated rings. The molecule has 0 unspecified atom stereocenters. The molecule has 0 saturated carbocycles. The molecule has 6 nitrogen and oxygen atoms in total. The van der Waals surface area contributed by atoms with E-state index in [9.17, 15) is 9.70 Å². The topological polar surface area (TPSA) is 65.0 Å². The first-order valence-electron chi connectivity index (χ1n) is 7.69. The summed E-state index contributed by atoms with van der Waals surface area (Å²) in [5.41, 5.74) is 4.33. The van der Waals surface area contributed by atoms with Gasteiger partial charge in [0.1, 0.15) is 0 Å². The summed E-state index contributed by atoms with van der Waals surface area (Å²) in [4.78, 5) is 25.5. The van der Waals surface area contributed by atoms with Crippen LogP contribution in [0.15, 0.2) is 96.3 Å². The molecule has 0 bridgehead atoms. The first kappa shape index (κ1) is 16.2. The molecule has 124 valence electrons. The van der Waals surface area contributed by atoms with Crippen molar-refractivity contribution in [1.29, 1.82) is 0 Å². The van der Waals surface area contributed by atoms with Crippen molar-refractivity contribution >= 4 is 23.1 Å². The number of para-hydroxylation sites is 3. The number of hydrogen-bond acceptors (Lipinski definition) is 3. The largest absolute Gasteiger partial charge is 0.346 e. The quantitative estimate of drug-likeness (QED) is 0.547. The lowest BCUT2D eigenvalue weighted by Gasteiger charge is -2.25. The maximum absolute atomic E-state index is 12.9. The van der Waals surface area contributed by atoms with Crippen LogP contribution in [0.5, 0.6) is 0 Å². The highest BCUT2D eigenvalue weighted by Gasteiger charge is 2.20. The van der Waals surface area contributed by atoms with E-state index in [0.29, 0.717) is 17.1 Å². The standard InChI is InChI=1S/C19H16N4O2/c24-19(20-23(21-25)18-14-8-3-9-15-18)22(16-10-4-1-5-11-16)17-12-6-2-7-13-17/h1-15H,(H,20,24). The Bertz CT molecular complexity index is 786. The van der Waals surface area contributed by atoms with Crippen molar-refractivity contribution in [2.75, 3.05) is 10.0 Å². The van der Waals surface area contributed by atoms with E-state index >= 15 is 0 Å². The smallest absolute Gasteiger partial charge is 0.262 e. The highest BCUT2D eigenvalue weighted by atomic mass is 16.3. The van der Waals surface area contributed by atoms with E-state index in [-0.39, 0.29) is 0 Å². The molecule has 6 heteroatoms. The zero-order chi connectivity index (χ0) is 17.5. The summed E-state index contributed by atoms with van der Waals surface area (Å²) in [7, 11) is 0. The van der Waals surface area contributed by atoms with Gasteiger partial charge in [-0.15, -0.1) is 10.0 Å². The molecule has 25 heavy (non-hydrogen) atoms. The lowest BCUT2D eigenvalue weighted by molar-refractivity contribution is 0.247. The van der Waals surface area contributed by atoms with Gasteiger partial charge in [0.15, 0.2) is 0 Å². The number of carbonyl (C=O) groups excluding carboxylic acids is 1. The van der Waals surface area contributed by atoms with Gasteiger partial charge in [0, 0.05) is 0 Å². The number of hydrogen-bond donors (Lipinski definition) is 1. The highest BCUT2D eigenvalue weighted by Crippen LogP contribution is 2.25. The number of rotatable bonds is 5. The fraction of sp³-hybridized carbons (Fsp3) is 0. The van der Waals surface area contributed by atoms with E-state index in [1.165, 1.54) is 4.90 Å². The molecule has 0 saturated heterocycles. The van der Waals surface area contributed by atoms with Crippen LogP contribution >= 0.6 is 0 Å². The maximum atomic E-state index is 12.9. The Hall–Kier alpha value is -3.67. The van der Waals surface area contributed by atoms with E-state index in [4.69, 9.17) is 0 Å². The van der Waals surface area contributed by atoms with Gasteiger partial charge in [-0.2, -0.15) is 0 Å². The molecular formula is C19H16N4O2. The van der Waals surface area contributed by atoms with Crippen LogP contribution in [0.25, 0.3) is 0 Å². The number of nitrogens with one attached hydrogen (secondary N) is 1. The van der Waals surface area contributed by atoms with Crippen molar-refractivity contribution in [3.8, 4) is 0 Å². The number of nitrogens with zero attached hydrogens (tertiary/aromatic N) is 3. The molecule has 3 rings (SSSR count). The predicted octanol–water partition coefficient (Wildman–Crippen LogP) is 4.64. The van der Waals surface area contributed by atoms with Crippen molar-refractivity contribution in [2.45, 2.75) is 0 Å². The van der Waals surface area contributed by atoms with E-state index in [1.807, 2.05) is 66.7 Å². The fourth-order valence-corrected chi connectivity index (χ4v) is 2.38. The second kappa shape index (κ2) is 7.74. The van der Waals surface area contributed by atoms with Gasteiger partial charge in [-0.25, -0.2) is 10.2 Å². The monoisotopic (exact) mass is 332 g/mol. The number of benzene rings is 3. The van der Waals surface area contributed by atoms with Gasteiger partial charge >= 0.3 is 6.03 Å². The fourth-order valence-electron chi connectivity index (χ4n) is 2.38. The van der Waals surface area contributed by atoms with Gasteiger partial charge in [-0.3, -0.25) is 4.90 Å². The zero-order valence-corrected chi connectivity index (χ0v) is 13.3. The average molecular weight is 332 g/mol. The summed E-state index contributed by atoms with van der Waals surface area (Å²) in [5.74, 6) is 0. The van der Waals surface area contributed by atoms with Crippen LogP contribution in [0.3, 0.4) is 0 Å². The number of nitroso groups, excluding NO2 is 1. The number of hydrazine groups is 1.